The number of nitrogens with one attached hydrogen (secondary N) is 1. The Morgan fingerprint density at radius 2 is 1.84 bits per heavy atom. The minimum Gasteiger partial charge on any atom is -0.479 e. The molecule has 1 saturated heterocycles. The highest BCUT2D eigenvalue weighted by atomic mass is 32.2. The van der Waals surface area contributed by atoms with E-state index in [-0.39, 0.29) is 5.91 Å². The van der Waals surface area contributed by atoms with E-state index in [1.807, 2.05) is 30.3 Å². The molecular formula is C19H19NO3S2. The molecule has 25 heavy (non-hydrogen) atoms. The number of benzene rings is 2. The van der Waals surface area contributed by atoms with Crippen molar-refractivity contribution < 1.29 is 14.7 Å². The highest BCUT2D eigenvalue weighted by Crippen LogP contribution is 2.29. The first kappa shape index (κ1) is 17.9. The molecule has 1 aliphatic heterocycles. The zero-order valence-corrected chi connectivity index (χ0v) is 15.2. The van der Waals surface area contributed by atoms with E-state index in [0.29, 0.717) is 17.7 Å². The third-order valence-electron chi connectivity index (χ3n) is 4.15. The Balaban J connectivity index is 1.61. The van der Waals surface area contributed by atoms with Crippen LogP contribution in [-0.2, 0) is 10.5 Å². The summed E-state index contributed by atoms with van der Waals surface area (Å²) in [6.07, 6.45) is 0.462. The zero-order chi connectivity index (χ0) is 17.7. The van der Waals surface area contributed by atoms with Crippen LogP contribution in [0.2, 0.25) is 0 Å². The first-order chi connectivity index (χ1) is 12.1. The summed E-state index contributed by atoms with van der Waals surface area (Å²) in [6.45, 7) is 0. The van der Waals surface area contributed by atoms with Gasteiger partial charge in [-0.2, -0.15) is 11.8 Å². The van der Waals surface area contributed by atoms with Crippen LogP contribution < -0.4 is 5.32 Å². The maximum absolute atomic E-state index is 12.4. The van der Waals surface area contributed by atoms with Crippen LogP contribution in [-0.4, -0.2) is 34.0 Å². The molecule has 1 heterocycles. The Kier molecular flexibility index (Phi) is 5.71. The summed E-state index contributed by atoms with van der Waals surface area (Å²) >= 11 is 3.26. The molecule has 1 aliphatic rings. The molecule has 3 rings (SSSR count). The minimum absolute atomic E-state index is 0.329. The minimum atomic E-state index is -1.14. The van der Waals surface area contributed by atoms with Gasteiger partial charge in [-0.1, -0.05) is 30.3 Å². The first-order valence-corrected chi connectivity index (χ1v) is 10.1. The lowest BCUT2D eigenvalue weighted by atomic mass is 9.98. The Hall–Kier alpha value is -1.92. The Labute approximate surface area is 155 Å². The maximum Gasteiger partial charge on any atom is 0.330 e. The Bertz CT molecular complexity index is 741. The zero-order valence-electron chi connectivity index (χ0n) is 13.6. The molecule has 0 saturated carbocycles. The van der Waals surface area contributed by atoms with Gasteiger partial charge in [0.25, 0.3) is 5.91 Å². The average molecular weight is 373 g/mol. The Morgan fingerprint density at radius 3 is 2.44 bits per heavy atom. The lowest BCUT2D eigenvalue weighted by molar-refractivity contribution is -0.143. The van der Waals surface area contributed by atoms with Gasteiger partial charge < -0.3 is 10.4 Å². The lowest BCUT2D eigenvalue weighted by Crippen LogP contribution is -2.54. The van der Waals surface area contributed by atoms with Crippen molar-refractivity contribution in [3.05, 3.63) is 65.7 Å². The second-order valence-electron chi connectivity index (χ2n) is 5.94. The van der Waals surface area contributed by atoms with Crippen LogP contribution in [0.5, 0.6) is 0 Å². The van der Waals surface area contributed by atoms with Gasteiger partial charge in [-0.25, -0.2) is 4.79 Å². The summed E-state index contributed by atoms with van der Waals surface area (Å²) in [6, 6.07) is 17.5. The molecule has 4 nitrogen and oxygen atoms in total. The number of thioether (sulfide) groups is 2. The van der Waals surface area contributed by atoms with E-state index in [0.717, 1.165) is 16.4 Å². The van der Waals surface area contributed by atoms with Gasteiger partial charge in [0.1, 0.15) is 5.54 Å². The van der Waals surface area contributed by atoms with E-state index >= 15 is 0 Å². The van der Waals surface area contributed by atoms with E-state index in [1.54, 1.807) is 35.7 Å². The average Bonchev–Trinajstić information content (AvgIpc) is 3.11. The first-order valence-electron chi connectivity index (χ1n) is 7.99. The third-order valence-corrected chi connectivity index (χ3v) is 6.42. The summed E-state index contributed by atoms with van der Waals surface area (Å²) in [5.41, 5.74) is 0.598. The molecule has 1 unspecified atom stereocenters. The topological polar surface area (TPSA) is 66.4 Å². The number of carbonyl (C=O) groups is 2. The number of carboxylic acid groups (broad SMARTS) is 1. The summed E-state index contributed by atoms with van der Waals surface area (Å²) in [5, 5.41) is 12.2. The van der Waals surface area contributed by atoms with Crippen LogP contribution in [0.25, 0.3) is 0 Å². The standard InChI is InChI=1S/C19H19NO3S2/c21-17(20-19(18(22)23)10-11-24-13-19)15-6-8-16(9-7-15)25-12-14-4-2-1-3-5-14/h1-9H,10-13H2,(H,20,21)(H,22,23). The second kappa shape index (κ2) is 7.97. The third kappa shape index (κ3) is 4.38. The molecule has 2 aromatic carbocycles. The molecule has 0 aliphatic carbocycles. The van der Waals surface area contributed by atoms with Crippen LogP contribution in [0.3, 0.4) is 0 Å². The van der Waals surface area contributed by atoms with Crippen molar-refractivity contribution in [3.63, 3.8) is 0 Å². The summed E-state index contributed by atoms with van der Waals surface area (Å²) in [4.78, 5) is 25.0. The van der Waals surface area contributed by atoms with Crippen molar-refractivity contribution in [1.82, 2.24) is 5.32 Å². The normalized spacial score (nSPS) is 19.5. The largest absolute Gasteiger partial charge is 0.479 e. The predicted molar refractivity (Wildman–Crippen MR) is 102 cm³/mol. The van der Waals surface area contributed by atoms with Crippen LogP contribution in [0.4, 0.5) is 0 Å². The van der Waals surface area contributed by atoms with Gasteiger partial charge >= 0.3 is 5.97 Å². The van der Waals surface area contributed by atoms with Crippen molar-refractivity contribution in [3.8, 4) is 0 Å². The van der Waals surface area contributed by atoms with Gasteiger partial charge in [0.2, 0.25) is 0 Å². The van der Waals surface area contributed by atoms with Crippen molar-refractivity contribution in [2.24, 2.45) is 0 Å². The molecule has 2 aromatic rings. The van der Waals surface area contributed by atoms with Gasteiger partial charge in [-0.3, -0.25) is 4.79 Å². The fourth-order valence-corrected chi connectivity index (χ4v) is 4.80. The molecular weight excluding hydrogens is 354 g/mol. The van der Waals surface area contributed by atoms with E-state index < -0.39 is 11.5 Å². The smallest absolute Gasteiger partial charge is 0.330 e. The number of aliphatic carboxylic acids is 1. The highest BCUT2D eigenvalue weighted by molar-refractivity contribution is 7.99. The SMILES string of the molecule is O=C(NC1(C(=O)O)CCSC1)c1ccc(SCc2ccccc2)cc1. The predicted octanol–water partition coefficient (Wildman–Crippen LogP) is 3.67. The van der Waals surface area contributed by atoms with Gasteiger partial charge in [0, 0.05) is 22.0 Å². The van der Waals surface area contributed by atoms with Crippen LogP contribution in [0.15, 0.2) is 59.5 Å². The quantitative estimate of drug-likeness (QED) is 0.757. The number of amides is 1. The van der Waals surface area contributed by atoms with Crippen LogP contribution >= 0.6 is 23.5 Å². The number of hydrogen-bond acceptors (Lipinski definition) is 4. The number of hydrogen-bond donors (Lipinski definition) is 2. The molecule has 0 spiro atoms. The van der Waals surface area contributed by atoms with Crippen molar-refractivity contribution in [1.29, 1.82) is 0 Å². The molecule has 0 bridgehead atoms. The van der Waals surface area contributed by atoms with Gasteiger partial charge in [-0.15, -0.1) is 11.8 Å². The van der Waals surface area contributed by atoms with Gasteiger partial charge in [-0.05, 0) is 42.0 Å². The van der Waals surface area contributed by atoms with Gasteiger partial charge in [0.05, 0.1) is 0 Å². The molecule has 0 aromatic heterocycles. The highest BCUT2D eigenvalue weighted by Gasteiger charge is 2.43. The van der Waals surface area contributed by atoms with Gasteiger partial charge in [0.15, 0.2) is 0 Å². The lowest BCUT2D eigenvalue weighted by Gasteiger charge is -2.24. The van der Waals surface area contributed by atoms with E-state index in [9.17, 15) is 14.7 Å². The van der Waals surface area contributed by atoms with E-state index in [2.05, 4.69) is 17.4 Å². The van der Waals surface area contributed by atoms with Crippen molar-refractivity contribution in [2.75, 3.05) is 11.5 Å². The molecule has 0 radical (unpaired) electrons. The number of rotatable bonds is 6. The van der Waals surface area contributed by atoms with E-state index in [1.165, 1.54) is 5.56 Å². The summed E-state index contributed by atoms with van der Waals surface area (Å²) in [7, 11) is 0. The molecule has 6 heteroatoms. The molecule has 130 valence electrons. The summed E-state index contributed by atoms with van der Waals surface area (Å²) < 4.78 is 0. The van der Waals surface area contributed by atoms with Crippen LogP contribution in [0.1, 0.15) is 22.3 Å². The monoisotopic (exact) mass is 373 g/mol. The summed E-state index contributed by atoms with van der Waals surface area (Å²) in [5.74, 6) is 0.748. The Morgan fingerprint density at radius 1 is 1.12 bits per heavy atom. The van der Waals surface area contributed by atoms with Crippen molar-refractivity contribution >= 4 is 35.4 Å². The molecule has 2 N–H and O–H groups in total. The second-order valence-corrected chi connectivity index (χ2v) is 8.10. The van der Waals surface area contributed by atoms with Crippen LogP contribution in [0, 0.1) is 0 Å². The molecule has 1 fully saturated rings. The fraction of sp³-hybridized carbons (Fsp3) is 0.263. The number of carboxylic acids is 1. The fourth-order valence-electron chi connectivity index (χ4n) is 2.62. The van der Waals surface area contributed by atoms with Crippen molar-refractivity contribution in [2.45, 2.75) is 22.6 Å². The molecule has 1 amide bonds. The van der Waals surface area contributed by atoms with E-state index in [4.69, 9.17) is 0 Å². The maximum atomic E-state index is 12.4. The number of carbonyl (C=O) groups excluding carboxylic acids is 1. The molecule has 1 atom stereocenters.